The highest BCUT2D eigenvalue weighted by molar-refractivity contribution is 5.82. The predicted octanol–water partition coefficient (Wildman–Crippen LogP) is 1.08. The molecule has 1 aliphatic heterocycles. The maximum Gasteiger partial charge on any atom is 0.226 e. The van der Waals surface area contributed by atoms with Crippen molar-refractivity contribution in [3.63, 3.8) is 0 Å². The molecule has 0 bridgehead atoms. The molecule has 4 heteroatoms. The van der Waals surface area contributed by atoms with E-state index >= 15 is 0 Å². The zero-order valence-electron chi connectivity index (χ0n) is 12.6. The minimum atomic E-state index is -0.181. The Bertz CT molecular complexity index is 281. The molecular weight excluding hydrogens is 226 g/mol. The zero-order chi connectivity index (χ0) is 13.8. The Morgan fingerprint density at radius 2 is 1.89 bits per heavy atom. The molecule has 0 spiro atoms. The van der Waals surface area contributed by atoms with Crippen molar-refractivity contribution in [2.45, 2.75) is 33.6 Å². The van der Waals surface area contributed by atoms with Crippen LogP contribution in [0, 0.1) is 10.8 Å². The van der Waals surface area contributed by atoms with E-state index in [0.29, 0.717) is 0 Å². The van der Waals surface area contributed by atoms with E-state index in [1.54, 1.807) is 0 Å². The highest BCUT2D eigenvalue weighted by Crippen LogP contribution is 2.28. The summed E-state index contributed by atoms with van der Waals surface area (Å²) in [5.74, 6) is 0.218. The molecule has 1 amide bonds. The van der Waals surface area contributed by atoms with Gasteiger partial charge in [-0.1, -0.05) is 20.8 Å². The molecule has 18 heavy (non-hydrogen) atoms. The normalized spacial score (nSPS) is 19.9. The van der Waals surface area contributed by atoms with Gasteiger partial charge in [0.15, 0.2) is 0 Å². The first-order valence-corrected chi connectivity index (χ1v) is 6.89. The molecule has 0 aromatic heterocycles. The first kappa shape index (κ1) is 15.4. The van der Waals surface area contributed by atoms with Crippen LogP contribution in [0.1, 0.15) is 33.6 Å². The Labute approximate surface area is 111 Å². The van der Waals surface area contributed by atoms with E-state index in [1.165, 1.54) is 0 Å². The van der Waals surface area contributed by atoms with Crippen LogP contribution in [-0.4, -0.2) is 51.1 Å². The highest BCUT2D eigenvalue weighted by atomic mass is 16.2. The second-order valence-electron chi connectivity index (χ2n) is 6.90. The lowest BCUT2D eigenvalue weighted by atomic mass is 9.80. The van der Waals surface area contributed by atoms with Gasteiger partial charge in [-0.15, -0.1) is 0 Å². The smallest absolute Gasteiger partial charge is 0.226 e. The molecule has 0 unspecified atom stereocenters. The summed E-state index contributed by atoms with van der Waals surface area (Å²) >= 11 is 0. The predicted molar refractivity (Wildman–Crippen MR) is 75.6 cm³/mol. The van der Waals surface area contributed by atoms with Crippen LogP contribution in [0.15, 0.2) is 0 Å². The molecule has 1 heterocycles. The first-order valence-electron chi connectivity index (χ1n) is 6.89. The van der Waals surface area contributed by atoms with Gasteiger partial charge in [0, 0.05) is 18.5 Å². The number of carbonyl (C=O) groups excluding carboxylic acids is 1. The van der Waals surface area contributed by atoms with Crippen LogP contribution >= 0.6 is 0 Å². The van der Waals surface area contributed by atoms with Gasteiger partial charge in [0.05, 0.1) is 0 Å². The van der Waals surface area contributed by atoms with Crippen molar-refractivity contribution in [2.75, 3.05) is 40.3 Å². The summed E-state index contributed by atoms with van der Waals surface area (Å²) in [6, 6.07) is 0. The van der Waals surface area contributed by atoms with Crippen molar-refractivity contribution in [2.24, 2.45) is 10.8 Å². The van der Waals surface area contributed by atoms with Gasteiger partial charge < -0.3 is 15.5 Å². The van der Waals surface area contributed by atoms with Crippen molar-refractivity contribution < 1.29 is 4.79 Å². The van der Waals surface area contributed by atoms with Crippen molar-refractivity contribution >= 4 is 5.91 Å². The lowest BCUT2D eigenvalue weighted by Gasteiger charge is -2.35. The SMILES string of the molecule is CN(C)CC(C)(C)CNC(=O)C1(C)CCNCC1. The third-order valence-electron chi connectivity index (χ3n) is 3.73. The van der Waals surface area contributed by atoms with Gasteiger partial charge in [-0.05, 0) is 45.4 Å². The molecule has 1 saturated heterocycles. The van der Waals surface area contributed by atoms with Gasteiger partial charge in [-0.25, -0.2) is 0 Å². The van der Waals surface area contributed by atoms with Crippen LogP contribution in [-0.2, 0) is 4.79 Å². The summed E-state index contributed by atoms with van der Waals surface area (Å²) in [4.78, 5) is 14.5. The van der Waals surface area contributed by atoms with E-state index in [9.17, 15) is 4.79 Å². The third kappa shape index (κ3) is 4.58. The monoisotopic (exact) mass is 255 g/mol. The fourth-order valence-corrected chi connectivity index (χ4v) is 2.65. The molecule has 2 N–H and O–H groups in total. The van der Waals surface area contributed by atoms with Crippen LogP contribution in [0.3, 0.4) is 0 Å². The average Bonchev–Trinajstić information content (AvgIpc) is 2.25. The number of hydrogen-bond donors (Lipinski definition) is 2. The van der Waals surface area contributed by atoms with Gasteiger partial charge in [-0.2, -0.15) is 0 Å². The first-order chi connectivity index (χ1) is 8.25. The maximum atomic E-state index is 12.3. The quantitative estimate of drug-likeness (QED) is 0.773. The van der Waals surface area contributed by atoms with E-state index < -0.39 is 0 Å². The summed E-state index contributed by atoms with van der Waals surface area (Å²) in [7, 11) is 4.13. The van der Waals surface area contributed by atoms with Crippen LogP contribution in [0.25, 0.3) is 0 Å². The van der Waals surface area contributed by atoms with Crippen LogP contribution in [0.5, 0.6) is 0 Å². The largest absolute Gasteiger partial charge is 0.355 e. The minimum Gasteiger partial charge on any atom is -0.355 e. The molecular formula is C14H29N3O. The van der Waals surface area contributed by atoms with Crippen LogP contribution in [0.2, 0.25) is 0 Å². The van der Waals surface area contributed by atoms with Crippen molar-refractivity contribution in [3.05, 3.63) is 0 Å². The molecule has 0 aliphatic carbocycles. The maximum absolute atomic E-state index is 12.3. The Morgan fingerprint density at radius 3 is 2.39 bits per heavy atom. The Morgan fingerprint density at radius 1 is 1.33 bits per heavy atom. The summed E-state index contributed by atoms with van der Waals surface area (Å²) < 4.78 is 0. The summed E-state index contributed by atoms with van der Waals surface area (Å²) in [6.45, 7) is 10.1. The van der Waals surface area contributed by atoms with E-state index in [-0.39, 0.29) is 16.7 Å². The number of nitrogens with one attached hydrogen (secondary N) is 2. The molecule has 0 aromatic carbocycles. The molecule has 1 fully saturated rings. The third-order valence-corrected chi connectivity index (χ3v) is 3.73. The summed E-state index contributed by atoms with van der Waals surface area (Å²) in [5, 5.41) is 6.45. The molecule has 0 aromatic rings. The van der Waals surface area contributed by atoms with Crippen molar-refractivity contribution in [3.8, 4) is 0 Å². The standard InChI is InChI=1S/C14H29N3O/c1-13(2,11-17(4)5)10-16-12(18)14(3)6-8-15-9-7-14/h15H,6-11H2,1-5H3,(H,16,18). The Kier molecular flexibility index (Phi) is 5.17. The van der Waals surface area contributed by atoms with E-state index in [4.69, 9.17) is 0 Å². The Hall–Kier alpha value is -0.610. The van der Waals surface area contributed by atoms with Crippen LogP contribution in [0.4, 0.5) is 0 Å². The number of amides is 1. The molecule has 106 valence electrons. The molecule has 0 saturated carbocycles. The second kappa shape index (κ2) is 6.02. The molecule has 4 nitrogen and oxygen atoms in total. The molecule has 1 rings (SSSR count). The second-order valence-corrected chi connectivity index (χ2v) is 6.90. The number of hydrogen-bond acceptors (Lipinski definition) is 3. The zero-order valence-corrected chi connectivity index (χ0v) is 12.6. The number of nitrogens with zero attached hydrogens (tertiary/aromatic N) is 1. The van der Waals surface area contributed by atoms with Gasteiger partial charge in [0.1, 0.15) is 0 Å². The van der Waals surface area contributed by atoms with E-state index in [0.717, 1.165) is 39.0 Å². The molecule has 0 atom stereocenters. The topological polar surface area (TPSA) is 44.4 Å². The fraction of sp³-hybridized carbons (Fsp3) is 0.929. The summed E-state index contributed by atoms with van der Waals surface area (Å²) in [6.07, 6.45) is 1.87. The fourth-order valence-electron chi connectivity index (χ4n) is 2.65. The lowest BCUT2D eigenvalue weighted by molar-refractivity contribution is -0.132. The van der Waals surface area contributed by atoms with Crippen LogP contribution < -0.4 is 10.6 Å². The minimum absolute atomic E-state index is 0.114. The van der Waals surface area contributed by atoms with Gasteiger partial charge in [0.2, 0.25) is 5.91 Å². The molecule has 1 aliphatic rings. The van der Waals surface area contributed by atoms with Gasteiger partial charge >= 0.3 is 0 Å². The highest BCUT2D eigenvalue weighted by Gasteiger charge is 2.35. The van der Waals surface area contributed by atoms with Crippen molar-refractivity contribution in [1.82, 2.24) is 15.5 Å². The average molecular weight is 255 g/mol. The number of piperidine rings is 1. The number of carbonyl (C=O) groups is 1. The number of rotatable bonds is 5. The van der Waals surface area contributed by atoms with Gasteiger partial charge in [-0.3, -0.25) is 4.79 Å². The van der Waals surface area contributed by atoms with E-state index in [2.05, 4.69) is 50.4 Å². The summed E-state index contributed by atoms with van der Waals surface area (Å²) in [5.41, 5.74) is -0.0676. The van der Waals surface area contributed by atoms with E-state index in [1.807, 2.05) is 0 Å². The lowest BCUT2D eigenvalue weighted by Crippen LogP contribution is -2.49. The Balaban J connectivity index is 2.45. The van der Waals surface area contributed by atoms with Crippen molar-refractivity contribution in [1.29, 1.82) is 0 Å². The molecule has 0 radical (unpaired) electrons. The van der Waals surface area contributed by atoms with Gasteiger partial charge in [0.25, 0.3) is 0 Å².